The second-order valence-corrected chi connectivity index (χ2v) is 6.18. The molecule has 2 heterocycles. The molecule has 6 heteroatoms. The van der Waals surface area contributed by atoms with E-state index in [0.717, 1.165) is 5.56 Å². The van der Waals surface area contributed by atoms with E-state index in [-0.39, 0.29) is 17.9 Å². The largest absolute Gasteiger partial charge is 0.343 e. The molecule has 1 aromatic rings. The zero-order valence-electron chi connectivity index (χ0n) is 13.2. The van der Waals surface area contributed by atoms with Gasteiger partial charge in [0.05, 0.1) is 6.20 Å². The van der Waals surface area contributed by atoms with Gasteiger partial charge in [0.1, 0.15) is 12.1 Å². The minimum absolute atomic E-state index is 0.00383. The third kappa shape index (κ3) is 3.62. The van der Waals surface area contributed by atoms with Gasteiger partial charge in [-0.25, -0.2) is 0 Å². The lowest BCUT2D eigenvalue weighted by Gasteiger charge is -2.38. The normalized spacial score (nSPS) is 22.8. The summed E-state index contributed by atoms with van der Waals surface area (Å²) in [6, 6.07) is -0.791. The lowest BCUT2D eigenvalue weighted by atomic mass is 9.97. The average Bonchev–Trinajstić information content (AvgIpc) is 2.81. The van der Waals surface area contributed by atoms with E-state index in [9.17, 15) is 9.59 Å². The summed E-state index contributed by atoms with van der Waals surface area (Å²) < 4.78 is 1.74. The van der Waals surface area contributed by atoms with Crippen LogP contribution in [0.1, 0.15) is 32.8 Å². The quantitative estimate of drug-likeness (QED) is 0.870. The average molecular weight is 292 g/mol. The van der Waals surface area contributed by atoms with Gasteiger partial charge in [0.15, 0.2) is 0 Å². The lowest BCUT2D eigenvalue weighted by molar-refractivity contribution is -0.149. The van der Waals surface area contributed by atoms with Gasteiger partial charge in [-0.2, -0.15) is 5.10 Å². The molecular formula is C15H24N4O2. The van der Waals surface area contributed by atoms with E-state index in [1.54, 1.807) is 22.7 Å². The highest BCUT2D eigenvalue weighted by Crippen LogP contribution is 2.18. The summed E-state index contributed by atoms with van der Waals surface area (Å²) in [5.74, 6) is 0.328. The van der Waals surface area contributed by atoms with Gasteiger partial charge in [-0.1, -0.05) is 13.8 Å². The third-order valence-electron chi connectivity index (χ3n) is 3.79. The predicted octanol–water partition coefficient (Wildman–Crippen LogP) is 0.724. The summed E-state index contributed by atoms with van der Waals surface area (Å²) in [6.07, 6.45) is 5.15. The first-order chi connectivity index (χ1) is 9.88. The van der Waals surface area contributed by atoms with Gasteiger partial charge in [-0.3, -0.25) is 14.3 Å². The highest BCUT2D eigenvalue weighted by atomic mass is 16.2. The lowest BCUT2D eigenvalue weighted by Crippen LogP contribution is -2.62. The first-order valence-electron chi connectivity index (χ1n) is 7.47. The number of aryl methyl sites for hydroxylation is 1. The Morgan fingerprint density at radius 2 is 2.10 bits per heavy atom. The van der Waals surface area contributed by atoms with Crippen LogP contribution < -0.4 is 5.32 Å². The number of piperazine rings is 1. The van der Waals surface area contributed by atoms with Crippen molar-refractivity contribution in [2.24, 2.45) is 13.0 Å². The number of hydrogen-bond donors (Lipinski definition) is 1. The van der Waals surface area contributed by atoms with Crippen LogP contribution >= 0.6 is 0 Å². The van der Waals surface area contributed by atoms with E-state index < -0.39 is 6.04 Å². The van der Waals surface area contributed by atoms with Crippen molar-refractivity contribution in [2.75, 3.05) is 6.54 Å². The first-order valence-corrected chi connectivity index (χ1v) is 7.47. The number of carbonyl (C=O) groups is 2. The summed E-state index contributed by atoms with van der Waals surface area (Å²) in [6.45, 7) is 6.42. The Morgan fingerprint density at radius 3 is 2.67 bits per heavy atom. The van der Waals surface area contributed by atoms with Crippen LogP contribution in [0.2, 0.25) is 0 Å². The van der Waals surface area contributed by atoms with Gasteiger partial charge in [0.2, 0.25) is 11.8 Å². The number of carbonyl (C=O) groups excluding carboxylic acids is 2. The van der Waals surface area contributed by atoms with Crippen molar-refractivity contribution >= 4 is 11.8 Å². The monoisotopic (exact) mass is 292 g/mol. The molecule has 1 aliphatic heterocycles. The minimum Gasteiger partial charge on any atom is -0.343 e. The molecule has 0 aliphatic carbocycles. The maximum Gasteiger partial charge on any atom is 0.245 e. The standard InChI is InChI=1S/C15H24N4O2/c1-10(2)7-13-14(20)17-11(3)15(21)19(13)6-5-12-8-16-18(4)9-12/h8-11,13H,5-7H2,1-4H3,(H,17,20). The Bertz CT molecular complexity index is 523. The Morgan fingerprint density at radius 1 is 1.38 bits per heavy atom. The second-order valence-electron chi connectivity index (χ2n) is 6.18. The van der Waals surface area contributed by atoms with Crippen LogP contribution in [0.3, 0.4) is 0 Å². The Kier molecular flexibility index (Phi) is 4.65. The fourth-order valence-electron chi connectivity index (χ4n) is 2.71. The van der Waals surface area contributed by atoms with Crippen LogP contribution in [-0.2, 0) is 23.1 Å². The van der Waals surface area contributed by atoms with Crippen molar-refractivity contribution in [1.82, 2.24) is 20.0 Å². The zero-order valence-corrected chi connectivity index (χ0v) is 13.2. The van der Waals surface area contributed by atoms with Crippen LogP contribution in [0.5, 0.6) is 0 Å². The van der Waals surface area contributed by atoms with Crippen molar-refractivity contribution in [1.29, 1.82) is 0 Å². The Labute approximate surface area is 125 Å². The Hall–Kier alpha value is -1.85. The van der Waals surface area contributed by atoms with Crippen molar-refractivity contribution in [3.63, 3.8) is 0 Å². The molecule has 2 rings (SSSR count). The number of nitrogens with one attached hydrogen (secondary N) is 1. The fourth-order valence-corrected chi connectivity index (χ4v) is 2.71. The van der Waals surface area contributed by atoms with E-state index >= 15 is 0 Å². The molecule has 1 aliphatic rings. The third-order valence-corrected chi connectivity index (χ3v) is 3.79. The maximum absolute atomic E-state index is 12.4. The molecule has 2 unspecified atom stereocenters. The van der Waals surface area contributed by atoms with Crippen LogP contribution in [0.15, 0.2) is 12.4 Å². The number of rotatable bonds is 5. The van der Waals surface area contributed by atoms with Gasteiger partial charge in [0.25, 0.3) is 0 Å². The molecule has 0 bridgehead atoms. The SMILES string of the molecule is CC(C)CC1C(=O)NC(C)C(=O)N1CCc1cnn(C)c1. The molecule has 21 heavy (non-hydrogen) atoms. The van der Waals surface area contributed by atoms with Crippen LogP contribution in [-0.4, -0.2) is 45.1 Å². The molecule has 116 valence electrons. The van der Waals surface area contributed by atoms with E-state index in [2.05, 4.69) is 24.3 Å². The van der Waals surface area contributed by atoms with Gasteiger partial charge >= 0.3 is 0 Å². The van der Waals surface area contributed by atoms with Crippen LogP contribution in [0.4, 0.5) is 0 Å². The summed E-state index contributed by atoms with van der Waals surface area (Å²) in [5, 5.41) is 6.90. The molecule has 2 amide bonds. The first kappa shape index (κ1) is 15.5. The molecule has 6 nitrogen and oxygen atoms in total. The van der Waals surface area contributed by atoms with Gasteiger partial charge < -0.3 is 10.2 Å². The van der Waals surface area contributed by atoms with E-state index in [4.69, 9.17) is 0 Å². The topological polar surface area (TPSA) is 67.2 Å². The number of hydrogen-bond acceptors (Lipinski definition) is 3. The summed E-state index contributed by atoms with van der Waals surface area (Å²) in [5.41, 5.74) is 1.08. The molecule has 0 aromatic carbocycles. The second kappa shape index (κ2) is 6.28. The van der Waals surface area contributed by atoms with Crippen molar-refractivity contribution < 1.29 is 9.59 Å². The predicted molar refractivity (Wildman–Crippen MR) is 79.5 cm³/mol. The van der Waals surface area contributed by atoms with Crippen LogP contribution in [0, 0.1) is 5.92 Å². The van der Waals surface area contributed by atoms with E-state index in [1.807, 2.05) is 13.2 Å². The van der Waals surface area contributed by atoms with Crippen LogP contribution in [0.25, 0.3) is 0 Å². The molecule has 1 aromatic heterocycles. The zero-order chi connectivity index (χ0) is 15.6. The van der Waals surface area contributed by atoms with E-state index in [1.165, 1.54) is 0 Å². The molecule has 1 saturated heterocycles. The fraction of sp³-hybridized carbons (Fsp3) is 0.667. The van der Waals surface area contributed by atoms with E-state index in [0.29, 0.717) is 25.3 Å². The Balaban J connectivity index is 2.09. The summed E-state index contributed by atoms with van der Waals surface area (Å²) in [4.78, 5) is 26.3. The summed E-state index contributed by atoms with van der Waals surface area (Å²) in [7, 11) is 1.87. The summed E-state index contributed by atoms with van der Waals surface area (Å²) >= 11 is 0. The molecule has 2 atom stereocenters. The smallest absolute Gasteiger partial charge is 0.245 e. The van der Waals surface area contributed by atoms with Crippen molar-refractivity contribution in [3.8, 4) is 0 Å². The highest BCUT2D eigenvalue weighted by Gasteiger charge is 2.38. The molecule has 0 radical (unpaired) electrons. The number of amides is 2. The maximum atomic E-state index is 12.4. The van der Waals surface area contributed by atoms with Gasteiger partial charge in [0, 0.05) is 19.8 Å². The molecular weight excluding hydrogens is 268 g/mol. The van der Waals surface area contributed by atoms with Gasteiger partial charge in [-0.05, 0) is 31.2 Å². The number of nitrogens with zero attached hydrogens (tertiary/aromatic N) is 3. The molecule has 1 fully saturated rings. The highest BCUT2D eigenvalue weighted by molar-refractivity contribution is 5.96. The number of aromatic nitrogens is 2. The van der Waals surface area contributed by atoms with Crippen molar-refractivity contribution in [3.05, 3.63) is 18.0 Å². The molecule has 0 spiro atoms. The minimum atomic E-state index is -0.435. The molecule has 1 N–H and O–H groups in total. The molecule has 0 saturated carbocycles. The van der Waals surface area contributed by atoms with Gasteiger partial charge in [-0.15, -0.1) is 0 Å². The van der Waals surface area contributed by atoms with Crippen molar-refractivity contribution in [2.45, 2.75) is 45.7 Å².